The molecule has 7 heteroatoms. The van der Waals surface area contributed by atoms with Crippen LogP contribution in [0.3, 0.4) is 0 Å². The Labute approximate surface area is 137 Å². The highest BCUT2D eigenvalue weighted by molar-refractivity contribution is 7.20. The van der Waals surface area contributed by atoms with Gasteiger partial charge in [-0.25, -0.2) is 4.98 Å². The molecule has 0 spiro atoms. The van der Waals surface area contributed by atoms with Gasteiger partial charge >= 0.3 is 0 Å². The van der Waals surface area contributed by atoms with Crippen LogP contribution in [0.5, 0.6) is 0 Å². The molecule has 6 nitrogen and oxygen atoms in total. The Bertz CT molecular complexity index is 907. The monoisotopic (exact) mass is 325 g/mol. The van der Waals surface area contributed by atoms with Crippen LogP contribution in [0, 0.1) is 11.3 Å². The van der Waals surface area contributed by atoms with E-state index in [1.54, 1.807) is 0 Å². The third kappa shape index (κ3) is 3.22. The minimum Gasteiger partial charge on any atom is -0.342 e. The van der Waals surface area contributed by atoms with Crippen molar-refractivity contribution in [2.45, 2.75) is 19.9 Å². The molecule has 0 saturated heterocycles. The largest absolute Gasteiger partial charge is 0.342 e. The van der Waals surface area contributed by atoms with Gasteiger partial charge in [-0.05, 0) is 24.1 Å². The second-order valence-corrected chi connectivity index (χ2v) is 6.03. The highest BCUT2D eigenvalue weighted by atomic mass is 32.1. The minimum absolute atomic E-state index is 0.174. The summed E-state index contributed by atoms with van der Waals surface area (Å²) in [6.45, 7) is 3.60. The van der Waals surface area contributed by atoms with Crippen LogP contribution in [0.2, 0.25) is 0 Å². The summed E-state index contributed by atoms with van der Waals surface area (Å²) in [6, 6.07) is 11.0. The number of hydrogen-bond acceptors (Lipinski definition) is 6. The smallest absolute Gasteiger partial charge is 0.275 e. The fourth-order valence-corrected chi connectivity index (χ4v) is 3.18. The van der Waals surface area contributed by atoms with E-state index in [-0.39, 0.29) is 5.56 Å². The molecule has 0 fully saturated rings. The van der Waals surface area contributed by atoms with Crippen molar-refractivity contribution in [2.24, 2.45) is 0 Å². The van der Waals surface area contributed by atoms with Gasteiger partial charge in [-0.2, -0.15) is 9.78 Å². The molecular formula is C16H15N5OS. The van der Waals surface area contributed by atoms with Gasteiger partial charge in [-0.3, -0.25) is 4.79 Å². The lowest BCUT2D eigenvalue weighted by atomic mass is 10.1. The predicted molar refractivity (Wildman–Crippen MR) is 89.6 cm³/mol. The summed E-state index contributed by atoms with van der Waals surface area (Å²) in [7, 11) is 0. The van der Waals surface area contributed by atoms with Gasteiger partial charge in [0.15, 0.2) is 0 Å². The van der Waals surface area contributed by atoms with Crippen LogP contribution in [-0.2, 0) is 6.54 Å². The van der Waals surface area contributed by atoms with Gasteiger partial charge in [-0.1, -0.05) is 30.4 Å². The van der Waals surface area contributed by atoms with Crippen LogP contribution in [0.1, 0.15) is 24.5 Å². The number of hydrogen-bond donors (Lipinski definition) is 0. The first kappa shape index (κ1) is 15.2. The second-order valence-electron chi connectivity index (χ2n) is 5.09. The third-order valence-corrected chi connectivity index (χ3v) is 4.36. The van der Waals surface area contributed by atoms with Crippen molar-refractivity contribution in [3.63, 3.8) is 0 Å². The Kier molecular flexibility index (Phi) is 4.35. The molecule has 23 heavy (non-hydrogen) atoms. The second kappa shape index (κ2) is 6.58. The van der Waals surface area contributed by atoms with Crippen molar-refractivity contribution < 1.29 is 0 Å². The molecule has 2 heterocycles. The van der Waals surface area contributed by atoms with Crippen molar-refractivity contribution in [2.75, 3.05) is 11.4 Å². The van der Waals surface area contributed by atoms with Crippen molar-refractivity contribution in [3.05, 3.63) is 58.0 Å². The van der Waals surface area contributed by atoms with Crippen molar-refractivity contribution in [1.29, 1.82) is 5.26 Å². The average molecular weight is 325 g/mol. The Balaban J connectivity index is 1.91. The van der Waals surface area contributed by atoms with Crippen LogP contribution in [0.15, 0.2) is 41.3 Å². The fraction of sp³-hybridized carbons (Fsp3) is 0.250. The molecule has 0 unspecified atom stereocenters. The highest BCUT2D eigenvalue weighted by Crippen LogP contribution is 2.23. The van der Waals surface area contributed by atoms with E-state index in [1.807, 2.05) is 24.3 Å². The summed E-state index contributed by atoms with van der Waals surface area (Å²) in [5.74, 6) is 0. The normalized spacial score (nSPS) is 10.6. The fourth-order valence-electron chi connectivity index (χ4n) is 2.28. The number of nitrogens with zero attached hydrogens (tertiary/aromatic N) is 5. The molecule has 0 saturated carbocycles. The van der Waals surface area contributed by atoms with Gasteiger partial charge < -0.3 is 4.90 Å². The summed E-state index contributed by atoms with van der Waals surface area (Å²) in [6.07, 6.45) is 2.47. The standard InChI is InChI=1S/C16H15N5OS/c1-2-9-20(11-13-5-3-12(10-17)4-6-13)16-19-21-14(22)7-8-18-15(21)23-16/h3-8H,2,9,11H2,1H3. The minimum atomic E-state index is -0.174. The Hall–Kier alpha value is -2.72. The first-order valence-corrected chi connectivity index (χ1v) is 8.12. The predicted octanol–water partition coefficient (Wildman–Crippen LogP) is 2.44. The van der Waals surface area contributed by atoms with E-state index >= 15 is 0 Å². The average Bonchev–Trinajstić information content (AvgIpc) is 3.01. The van der Waals surface area contributed by atoms with Crippen molar-refractivity contribution in [1.82, 2.24) is 14.6 Å². The van der Waals surface area contributed by atoms with Gasteiger partial charge in [0.25, 0.3) is 5.56 Å². The molecule has 0 aliphatic rings. The van der Waals surface area contributed by atoms with Gasteiger partial charge in [-0.15, -0.1) is 5.10 Å². The van der Waals surface area contributed by atoms with E-state index in [0.717, 1.165) is 23.7 Å². The van der Waals surface area contributed by atoms with Crippen molar-refractivity contribution >= 4 is 21.4 Å². The van der Waals surface area contributed by atoms with Gasteiger partial charge in [0, 0.05) is 25.4 Å². The molecule has 2 aromatic heterocycles. The highest BCUT2D eigenvalue weighted by Gasteiger charge is 2.13. The lowest BCUT2D eigenvalue weighted by Gasteiger charge is -2.20. The SMILES string of the molecule is CCCN(Cc1ccc(C#N)cc1)c1nn2c(=O)ccnc2s1. The Morgan fingerprint density at radius 2 is 2.09 bits per heavy atom. The summed E-state index contributed by atoms with van der Waals surface area (Å²) < 4.78 is 1.33. The molecule has 0 aliphatic carbocycles. The van der Waals surface area contributed by atoms with E-state index in [1.165, 1.54) is 28.1 Å². The van der Waals surface area contributed by atoms with Gasteiger partial charge in [0.2, 0.25) is 10.1 Å². The number of nitriles is 1. The molecule has 0 atom stereocenters. The summed E-state index contributed by atoms with van der Waals surface area (Å²) in [4.78, 5) is 18.7. The molecule has 3 aromatic rings. The zero-order chi connectivity index (χ0) is 16.2. The van der Waals surface area contributed by atoms with Crippen molar-refractivity contribution in [3.8, 4) is 6.07 Å². The quantitative estimate of drug-likeness (QED) is 0.720. The lowest BCUT2D eigenvalue weighted by Crippen LogP contribution is -2.24. The maximum Gasteiger partial charge on any atom is 0.275 e. The molecule has 116 valence electrons. The van der Waals surface area contributed by atoms with E-state index in [0.29, 0.717) is 17.1 Å². The number of rotatable bonds is 5. The van der Waals surface area contributed by atoms with Crippen LogP contribution in [0.25, 0.3) is 4.96 Å². The first-order chi connectivity index (χ1) is 11.2. The van der Waals surface area contributed by atoms with Crippen LogP contribution in [0.4, 0.5) is 5.13 Å². The van der Waals surface area contributed by atoms with E-state index in [2.05, 4.69) is 28.0 Å². The maximum absolute atomic E-state index is 11.8. The molecule has 0 N–H and O–H groups in total. The summed E-state index contributed by atoms with van der Waals surface area (Å²) >= 11 is 1.40. The lowest BCUT2D eigenvalue weighted by molar-refractivity contribution is 0.747. The number of anilines is 1. The number of fused-ring (bicyclic) bond motifs is 1. The maximum atomic E-state index is 11.8. The summed E-state index contributed by atoms with van der Waals surface area (Å²) in [5.41, 5.74) is 1.57. The molecule has 0 radical (unpaired) electrons. The Morgan fingerprint density at radius 1 is 1.30 bits per heavy atom. The van der Waals surface area contributed by atoms with E-state index < -0.39 is 0 Å². The zero-order valence-corrected chi connectivity index (χ0v) is 13.5. The molecule has 0 amide bonds. The summed E-state index contributed by atoms with van der Waals surface area (Å²) in [5, 5.41) is 14.0. The first-order valence-electron chi connectivity index (χ1n) is 7.30. The molecule has 3 rings (SSSR count). The molecular weight excluding hydrogens is 310 g/mol. The molecule has 0 bridgehead atoms. The van der Waals surface area contributed by atoms with E-state index in [9.17, 15) is 4.79 Å². The molecule has 1 aromatic carbocycles. The third-order valence-electron chi connectivity index (χ3n) is 3.38. The Morgan fingerprint density at radius 3 is 2.74 bits per heavy atom. The number of benzene rings is 1. The van der Waals surface area contributed by atoms with E-state index in [4.69, 9.17) is 5.26 Å². The number of aromatic nitrogens is 3. The zero-order valence-electron chi connectivity index (χ0n) is 12.6. The van der Waals surface area contributed by atoms with Crippen LogP contribution >= 0.6 is 11.3 Å². The molecule has 0 aliphatic heterocycles. The van der Waals surface area contributed by atoms with Gasteiger partial charge in [0.05, 0.1) is 11.6 Å². The van der Waals surface area contributed by atoms with Crippen LogP contribution < -0.4 is 10.5 Å². The van der Waals surface area contributed by atoms with Crippen LogP contribution in [-0.4, -0.2) is 21.1 Å². The topological polar surface area (TPSA) is 74.3 Å². The van der Waals surface area contributed by atoms with Gasteiger partial charge in [0.1, 0.15) is 0 Å².